The van der Waals surface area contributed by atoms with Crippen LogP contribution in [0.2, 0.25) is 0 Å². The molecule has 4 heteroatoms. The fourth-order valence-corrected chi connectivity index (χ4v) is 2.44. The summed E-state index contributed by atoms with van der Waals surface area (Å²) >= 11 is 0. The van der Waals surface area contributed by atoms with Crippen molar-refractivity contribution in [2.45, 2.75) is 25.5 Å². The monoisotopic (exact) mass is 287 g/mol. The van der Waals surface area contributed by atoms with Crippen LogP contribution in [0.1, 0.15) is 24.1 Å². The van der Waals surface area contributed by atoms with Crippen LogP contribution in [-0.2, 0) is 6.42 Å². The first-order chi connectivity index (χ1) is 10.1. The molecule has 0 aromatic heterocycles. The van der Waals surface area contributed by atoms with Gasteiger partial charge < -0.3 is 15.2 Å². The second kappa shape index (κ2) is 5.74. The van der Waals surface area contributed by atoms with E-state index in [1.807, 2.05) is 31.2 Å². The summed E-state index contributed by atoms with van der Waals surface area (Å²) in [6.07, 6.45) is 0.597. The Labute approximate surface area is 123 Å². The Hall–Kier alpha value is -2.07. The second-order valence-corrected chi connectivity index (χ2v) is 5.36. The minimum absolute atomic E-state index is 0.0154. The molecule has 1 aliphatic heterocycles. The lowest BCUT2D eigenvalue weighted by atomic mass is 10.1. The van der Waals surface area contributed by atoms with E-state index in [-0.39, 0.29) is 18.0 Å². The molecule has 0 spiro atoms. The van der Waals surface area contributed by atoms with E-state index in [9.17, 15) is 4.39 Å². The zero-order valence-electron chi connectivity index (χ0n) is 11.9. The summed E-state index contributed by atoms with van der Waals surface area (Å²) < 4.78 is 24.6. The molecule has 2 N–H and O–H groups in total. The Morgan fingerprint density at radius 1 is 1.29 bits per heavy atom. The number of halogens is 1. The standard InChI is InChI=1S/C17H18FNO2/c1-11(19)12-2-5-15(6-3-12)20-10-16-9-13-8-14(18)4-7-17(13)21-16/h2-8,11,16H,9-10,19H2,1H3/t11-,16?/m1/s1. The molecule has 110 valence electrons. The molecule has 1 aliphatic rings. The van der Waals surface area contributed by atoms with Crippen molar-refractivity contribution >= 4 is 0 Å². The summed E-state index contributed by atoms with van der Waals surface area (Å²) in [5.74, 6) is 1.30. The molecule has 0 amide bonds. The van der Waals surface area contributed by atoms with Crippen LogP contribution in [0, 0.1) is 5.82 Å². The summed E-state index contributed by atoms with van der Waals surface area (Å²) in [4.78, 5) is 0. The van der Waals surface area contributed by atoms with Crippen LogP contribution < -0.4 is 15.2 Å². The molecule has 1 heterocycles. The molecule has 2 aromatic rings. The van der Waals surface area contributed by atoms with Crippen LogP contribution in [0.4, 0.5) is 4.39 Å². The molecule has 0 saturated carbocycles. The average molecular weight is 287 g/mol. The molecule has 0 saturated heterocycles. The van der Waals surface area contributed by atoms with Gasteiger partial charge in [0, 0.05) is 18.0 Å². The number of benzene rings is 2. The maximum atomic E-state index is 13.1. The van der Waals surface area contributed by atoms with Crippen molar-refractivity contribution in [3.05, 3.63) is 59.4 Å². The van der Waals surface area contributed by atoms with Gasteiger partial charge >= 0.3 is 0 Å². The minimum atomic E-state index is -0.231. The normalized spacial score (nSPS) is 18.0. The van der Waals surface area contributed by atoms with Crippen LogP contribution in [0.3, 0.4) is 0 Å². The van der Waals surface area contributed by atoms with Gasteiger partial charge in [0.1, 0.15) is 30.0 Å². The number of fused-ring (bicyclic) bond motifs is 1. The fourth-order valence-electron chi connectivity index (χ4n) is 2.44. The van der Waals surface area contributed by atoms with E-state index in [1.165, 1.54) is 12.1 Å². The Morgan fingerprint density at radius 2 is 2.05 bits per heavy atom. The second-order valence-electron chi connectivity index (χ2n) is 5.36. The molecule has 3 rings (SSSR count). The van der Waals surface area contributed by atoms with Crippen molar-refractivity contribution in [2.24, 2.45) is 5.73 Å². The highest BCUT2D eigenvalue weighted by Gasteiger charge is 2.23. The van der Waals surface area contributed by atoms with E-state index in [4.69, 9.17) is 15.2 Å². The summed E-state index contributed by atoms with van der Waals surface area (Å²) in [5, 5.41) is 0. The topological polar surface area (TPSA) is 44.5 Å². The summed E-state index contributed by atoms with van der Waals surface area (Å²) in [7, 11) is 0. The van der Waals surface area contributed by atoms with E-state index >= 15 is 0 Å². The van der Waals surface area contributed by atoms with Crippen LogP contribution in [0.5, 0.6) is 11.5 Å². The molecule has 0 bridgehead atoms. The molecule has 0 aliphatic carbocycles. The van der Waals surface area contributed by atoms with Crippen LogP contribution in [0.25, 0.3) is 0 Å². The summed E-state index contributed by atoms with van der Waals surface area (Å²) in [6, 6.07) is 12.3. The highest BCUT2D eigenvalue weighted by atomic mass is 19.1. The number of hydrogen-bond acceptors (Lipinski definition) is 3. The predicted octanol–water partition coefficient (Wildman–Crippen LogP) is 3.23. The van der Waals surface area contributed by atoms with Crippen molar-refractivity contribution < 1.29 is 13.9 Å². The molecular formula is C17H18FNO2. The molecule has 1 unspecified atom stereocenters. The van der Waals surface area contributed by atoms with Crippen molar-refractivity contribution in [1.82, 2.24) is 0 Å². The summed E-state index contributed by atoms with van der Waals surface area (Å²) in [6.45, 7) is 2.38. The van der Waals surface area contributed by atoms with Gasteiger partial charge in [0.15, 0.2) is 0 Å². The van der Waals surface area contributed by atoms with Gasteiger partial charge in [-0.05, 0) is 42.8 Å². The lowest BCUT2D eigenvalue weighted by Gasteiger charge is -2.13. The SMILES string of the molecule is C[C@@H](N)c1ccc(OCC2Cc3cc(F)ccc3O2)cc1. The van der Waals surface area contributed by atoms with Crippen LogP contribution in [-0.4, -0.2) is 12.7 Å². The van der Waals surface area contributed by atoms with Gasteiger partial charge in [-0.3, -0.25) is 0 Å². The molecule has 0 radical (unpaired) electrons. The first-order valence-corrected chi connectivity index (χ1v) is 7.05. The lowest BCUT2D eigenvalue weighted by Crippen LogP contribution is -2.22. The largest absolute Gasteiger partial charge is 0.490 e. The molecule has 2 atom stereocenters. The lowest BCUT2D eigenvalue weighted by molar-refractivity contribution is 0.148. The maximum Gasteiger partial charge on any atom is 0.137 e. The van der Waals surface area contributed by atoms with E-state index in [2.05, 4.69) is 0 Å². The molecule has 3 nitrogen and oxygen atoms in total. The van der Waals surface area contributed by atoms with Gasteiger partial charge in [0.05, 0.1) is 0 Å². The van der Waals surface area contributed by atoms with Gasteiger partial charge in [-0.15, -0.1) is 0 Å². The van der Waals surface area contributed by atoms with Gasteiger partial charge in [-0.1, -0.05) is 12.1 Å². The molecule has 21 heavy (non-hydrogen) atoms. The van der Waals surface area contributed by atoms with E-state index in [1.54, 1.807) is 6.07 Å². The first kappa shape index (κ1) is 13.9. The Bertz CT molecular complexity index is 625. The third-order valence-corrected chi connectivity index (χ3v) is 3.61. The third kappa shape index (κ3) is 3.16. The molecule has 2 aromatic carbocycles. The quantitative estimate of drug-likeness (QED) is 0.939. The molecule has 0 fully saturated rings. The number of rotatable bonds is 4. The van der Waals surface area contributed by atoms with Gasteiger partial charge in [-0.25, -0.2) is 4.39 Å². The first-order valence-electron chi connectivity index (χ1n) is 7.05. The minimum Gasteiger partial charge on any atom is -0.490 e. The third-order valence-electron chi connectivity index (χ3n) is 3.61. The number of hydrogen-bond donors (Lipinski definition) is 1. The maximum absolute atomic E-state index is 13.1. The smallest absolute Gasteiger partial charge is 0.137 e. The van der Waals surface area contributed by atoms with Crippen molar-refractivity contribution in [2.75, 3.05) is 6.61 Å². The summed E-state index contributed by atoms with van der Waals surface area (Å²) in [5.41, 5.74) is 7.78. The van der Waals surface area contributed by atoms with Gasteiger partial charge in [0.2, 0.25) is 0 Å². The van der Waals surface area contributed by atoms with Crippen LogP contribution >= 0.6 is 0 Å². The van der Waals surface area contributed by atoms with Crippen molar-refractivity contribution in [1.29, 1.82) is 0 Å². The van der Waals surface area contributed by atoms with Crippen molar-refractivity contribution in [3.63, 3.8) is 0 Å². The zero-order valence-corrected chi connectivity index (χ0v) is 11.9. The van der Waals surface area contributed by atoms with E-state index in [0.29, 0.717) is 13.0 Å². The van der Waals surface area contributed by atoms with Crippen LogP contribution in [0.15, 0.2) is 42.5 Å². The zero-order chi connectivity index (χ0) is 14.8. The highest BCUT2D eigenvalue weighted by molar-refractivity contribution is 5.38. The van der Waals surface area contributed by atoms with Gasteiger partial charge in [0.25, 0.3) is 0 Å². The fraction of sp³-hybridized carbons (Fsp3) is 0.294. The average Bonchev–Trinajstić information content (AvgIpc) is 2.87. The molecular weight excluding hydrogens is 269 g/mol. The predicted molar refractivity (Wildman–Crippen MR) is 79.1 cm³/mol. The van der Waals surface area contributed by atoms with Gasteiger partial charge in [-0.2, -0.15) is 0 Å². The van der Waals surface area contributed by atoms with E-state index in [0.717, 1.165) is 22.6 Å². The highest BCUT2D eigenvalue weighted by Crippen LogP contribution is 2.29. The van der Waals surface area contributed by atoms with Crippen molar-refractivity contribution in [3.8, 4) is 11.5 Å². The Balaban J connectivity index is 1.57. The number of nitrogens with two attached hydrogens (primary N) is 1. The van der Waals surface area contributed by atoms with E-state index < -0.39 is 0 Å². The number of ether oxygens (including phenoxy) is 2. The Morgan fingerprint density at radius 3 is 2.76 bits per heavy atom. The Kier molecular flexibility index (Phi) is 3.80.